The maximum absolute atomic E-state index is 13.2. The standard InChI is InChI=1S/C25H29N3O7S/c1-14(2)19(27-24(32)35-25(3,4)5)23(31)34-13-28-11-16(15-9-7-8-10-18(15)28)20(29)21-26-17(12-36-21)22(30)33-6/h7-12,14,19H,13H2,1-6H3,(H,27,32)/t19-/m0/s1. The van der Waals surface area contributed by atoms with Crippen LogP contribution in [-0.2, 0) is 25.7 Å². The number of nitrogens with zero attached hydrogens (tertiary/aromatic N) is 2. The topological polar surface area (TPSA) is 126 Å². The van der Waals surface area contributed by atoms with Crippen molar-refractivity contribution in [2.24, 2.45) is 5.92 Å². The van der Waals surface area contributed by atoms with Crippen molar-refractivity contribution in [1.82, 2.24) is 14.9 Å². The maximum Gasteiger partial charge on any atom is 0.408 e. The fourth-order valence-electron chi connectivity index (χ4n) is 3.38. The van der Waals surface area contributed by atoms with Gasteiger partial charge in [0, 0.05) is 17.0 Å². The van der Waals surface area contributed by atoms with Crippen LogP contribution in [0.2, 0.25) is 0 Å². The van der Waals surface area contributed by atoms with Crippen molar-refractivity contribution in [3.8, 4) is 0 Å². The number of amides is 1. The van der Waals surface area contributed by atoms with Crippen LogP contribution in [0, 0.1) is 5.92 Å². The molecule has 0 radical (unpaired) electrons. The SMILES string of the molecule is COC(=O)c1csc(C(=O)c2cn(COC(=O)[C@@H](NC(=O)OC(C)(C)C)C(C)C)c3ccccc23)n1. The van der Waals surface area contributed by atoms with E-state index in [2.05, 4.69) is 15.0 Å². The zero-order valence-corrected chi connectivity index (χ0v) is 21.8. The van der Waals surface area contributed by atoms with Gasteiger partial charge in [0.2, 0.25) is 5.78 Å². The Labute approximate surface area is 212 Å². The Kier molecular flexibility index (Phi) is 8.13. The van der Waals surface area contributed by atoms with Crippen LogP contribution in [0.4, 0.5) is 4.79 Å². The molecule has 0 saturated heterocycles. The Morgan fingerprint density at radius 2 is 1.83 bits per heavy atom. The lowest BCUT2D eigenvalue weighted by Gasteiger charge is -2.24. The monoisotopic (exact) mass is 515 g/mol. The van der Waals surface area contributed by atoms with Crippen LogP contribution in [0.25, 0.3) is 10.9 Å². The van der Waals surface area contributed by atoms with Gasteiger partial charge < -0.3 is 24.1 Å². The Bertz CT molecular complexity index is 1290. The molecule has 0 spiro atoms. The number of esters is 2. The number of ether oxygens (including phenoxy) is 3. The van der Waals surface area contributed by atoms with Gasteiger partial charge in [-0.15, -0.1) is 11.3 Å². The van der Waals surface area contributed by atoms with Crippen molar-refractivity contribution in [1.29, 1.82) is 0 Å². The number of methoxy groups -OCH3 is 1. The van der Waals surface area contributed by atoms with Crippen molar-refractivity contribution < 1.29 is 33.4 Å². The summed E-state index contributed by atoms with van der Waals surface area (Å²) in [5.41, 5.74) is 0.359. The van der Waals surface area contributed by atoms with Crippen LogP contribution < -0.4 is 5.32 Å². The number of hydrogen-bond acceptors (Lipinski definition) is 9. The summed E-state index contributed by atoms with van der Waals surface area (Å²) >= 11 is 1.04. The number of benzene rings is 1. The molecule has 0 aliphatic rings. The van der Waals surface area contributed by atoms with Gasteiger partial charge in [-0.3, -0.25) is 4.79 Å². The van der Waals surface area contributed by atoms with Gasteiger partial charge in [0.1, 0.15) is 11.6 Å². The van der Waals surface area contributed by atoms with Gasteiger partial charge in [-0.05, 0) is 32.8 Å². The van der Waals surface area contributed by atoms with Gasteiger partial charge in [0.05, 0.1) is 18.2 Å². The first-order chi connectivity index (χ1) is 16.9. The smallest absolute Gasteiger partial charge is 0.408 e. The third kappa shape index (κ3) is 6.28. The zero-order chi connectivity index (χ0) is 26.6. The number of carbonyl (C=O) groups is 4. The van der Waals surface area contributed by atoms with Gasteiger partial charge in [0.15, 0.2) is 17.4 Å². The quantitative estimate of drug-likeness (QED) is 0.269. The van der Waals surface area contributed by atoms with Crippen LogP contribution in [0.1, 0.15) is 60.5 Å². The number of ketones is 1. The summed E-state index contributed by atoms with van der Waals surface area (Å²) < 4.78 is 17.0. The fraction of sp³-hybridized carbons (Fsp3) is 0.400. The summed E-state index contributed by atoms with van der Waals surface area (Å²) in [6, 6.07) is 6.23. The number of alkyl carbamates (subject to hydrolysis) is 1. The third-order valence-corrected chi connectivity index (χ3v) is 5.91. The molecule has 192 valence electrons. The lowest BCUT2D eigenvalue weighted by molar-refractivity contribution is -0.151. The lowest BCUT2D eigenvalue weighted by Crippen LogP contribution is -2.47. The van der Waals surface area contributed by atoms with Crippen molar-refractivity contribution in [2.45, 2.75) is 53.0 Å². The largest absolute Gasteiger partial charge is 0.464 e. The molecule has 0 aliphatic carbocycles. The van der Waals surface area contributed by atoms with E-state index in [0.717, 1.165) is 11.3 Å². The van der Waals surface area contributed by atoms with Gasteiger partial charge >= 0.3 is 18.0 Å². The molecule has 0 saturated carbocycles. The number of rotatable bonds is 8. The highest BCUT2D eigenvalue weighted by molar-refractivity contribution is 7.12. The molecule has 1 N–H and O–H groups in total. The molecule has 0 aliphatic heterocycles. The highest BCUT2D eigenvalue weighted by Gasteiger charge is 2.29. The minimum atomic E-state index is -0.921. The number of thiazole rings is 1. The second kappa shape index (κ2) is 10.9. The molecule has 0 fully saturated rings. The normalized spacial score (nSPS) is 12.3. The van der Waals surface area contributed by atoms with Gasteiger partial charge in [-0.1, -0.05) is 32.0 Å². The molecule has 3 aromatic rings. The number of para-hydroxylation sites is 1. The minimum absolute atomic E-state index is 0.0562. The van der Waals surface area contributed by atoms with Gasteiger partial charge in [-0.2, -0.15) is 0 Å². The first kappa shape index (κ1) is 26.9. The van der Waals surface area contributed by atoms with Crippen LogP contribution in [-0.4, -0.2) is 52.1 Å². The molecule has 11 heteroatoms. The molecule has 36 heavy (non-hydrogen) atoms. The highest BCUT2D eigenvalue weighted by Crippen LogP contribution is 2.25. The molecule has 1 aromatic carbocycles. The molecule has 2 aromatic heterocycles. The molecule has 10 nitrogen and oxygen atoms in total. The Balaban J connectivity index is 1.80. The Hall–Kier alpha value is -3.73. The maximum atomic E-state index is 13.2. The Morgan fingerprint density at radius 3 is 2.47 bits per heavy atom. The Morgan fingerprint density at radius 1 is 1.14 bits per heavy atom. The van der Waals surface area contributed by atoms with Crippen LogP contribution in [0.15, 0.2) is 35.8 Å². The molecular formula is C25H29N3O7S. The van der Waals surface area contributed by atoms with E-state index in [-0.39, 0.29) is 29.1 Å². The van der Waals surface area contributed by atoms with E-state index >= 15 is 0 Å². The van der Waals surface area contributed by atoms with E-state index in [1.165, 1.54) is 12.5 Å². The summed E-state index contributed by atoms with van der Waals surface area (Å²) in [7, 11) is 1.24. The van der Waals surface area contributed by atoms with E-state index in [9.17, 15) is 19.2 Å². The van der Waals surface area contributed by atoms with Gasteiger partial charge in [0.25, 0.3) is 0 Å². The van der Waals surface area contributed by atoms with Crippen LogP contribution >= 0.6 is 11.3 Å². The second-order valence-corrected chi connectivity index (χ2v) is 10.2. The molecule has 1 atom stereocenters. The van der Waals surface area contributed by atoms with E-state index in [1.54, 1.807) is 69.6 Å². The van der Waals surface area contributed by atoms with Crippen LogP contribution in [0.5, 0.6) is 0 Å². The average Bonchev–Trinajstić information content (AvgIpc) is 3.44. The predicted octanol–water partition coefficient (Wildman–Crippen LogP) is 4.17. The van der Waals surface area contributed by atoms with Crippen LogP contribution in [0.3, 0.4) is 0 Å². The predicted molar refractivity (Wildman–Crippen MR) is 133 cm³/mol. The summed E-state index contributed by atoms with van der Waals surface area (Å²) in [5, 5.41) is 4.80. The number of hydrogen-bond donors (Lipinski definition) is 1. The molecule has 0 unspecified atom stereocenters. The third-order valence-electron chi connectivity index (χ3n) is 5.06. The molecular weight excluding hydrogens is 486 g/mol. The first-order valence-corrected chi connectivity index (χ1v) is 12.1. The molecule has 2 heterocycles. The van der Waals surface area contributed by atoms with Crippen molar-refractivity contribution >= 4 is 46.1 Å². The molecule has 3 rings (SSSR count). The summed E-state index contributed by atoms with van der Waals surface area (Å²) in [5.74, 6) is -1.89. The second-order valence-electron chi connectivity index (χ2n) is 9.35. The zero-order valence-electron chi connectivity index (χ0n) is 21.0. The lowest BCUT2D eigenvalue weighted by atomic mass is 10.1. The van der Waals surface area contributed by atoms with E-state index in [0.29, 0.717) is 16.5 Å². The minimum Gasteiger partial charge on any atom is -0.464 e. The fourth-order valence-corrected chi connectivity index (χ4v) is 4.12. The van der Waals surface area contributed by atoms with Crippen molar-refractivity contribution in [3.63, 3.8) is 0 Å². The number of carbonyl (C=O) groups excluding carboxylic acids is 4. The summed E-state index contributed by atoms with van der Waals surface area (Å²) in [4.78, 5) is 54.0. The average molecular weight is 516 g/mol. The first-order valence-electron chi connectivity index (χ1n) is 11.2. The summed E-state index contributed by atoms with van der Waals surface area (Å²) in [6.45, 7) is 8.56. The summed E-state index contributed by atoms with van der Waals surface area (Å²) in [6.07, 6.45) is 0.859. The highest BCUT2D eigenvalue weighted by atomic mass is 32.1. The number of aromatic nitrogens is 2. The van der Waals surface area contributed by atoms with Crippen molar-refractivity contribution in [3.05, 3.63) is 52.1 Å². The number of nitrogens with one attached hydrogen (secondary N) is 1. The van der Waals surface area contributed by atoms with E-state index < -0.39 is 29.7 Å². The number of fused-ring (bicyclic) bond motifs is 1. The van der Waals surface area contributed by atoms with Crippen molar-refractivity contribution in [2.75, 3.05) is 7.11 Å². The van der Waals surface area contributed by atoms with Gasteiger partial charge in [-0.25, -0.2) is 19.4 Å². The van der Waals surface area contributed by atoms with E-state index in [1.807, 2.05) is 0 Å². The molecule has 0 bridgehead atoms. The van der Waals surface area contributed by atoms with E-state index in [4.69, 9.17) is 9.47 Å². The molecule has 1 amide bonds.